The number of hydrogen-bond donors (Lipinski definition) is 0. The molecule has 0 N–H and O–H groups in total. The lowest BCUT2D eigenvalue weighted by atomic mass is 9.92. The number of ether oxygens (including phenoxy) is 1. The molecule has 1 fully saturated rings. The van der Waals surface area contributed by atoms with E-state index in [-0.39, 0.29) is 17.9 Å². The number of benzene rings is 3. The summed E-state index contributed by atoms with van der Waals surface area (Å²) in [6.07, 6.45) is 4.29. The van der Waals surface area contributed by atoms with Crippen molar-refractivity contribution in [3.8, 4) is 11.5 Å². The first-order valence-corrected chi connectivity index (χ1v) is 10.5. The van der Waals surface area contributed by atoms with E-state index in [9.17, 15) is 4.79 Å². The average molecular weight is 383 g/mol. The Morgan fingerprint density at radius 3 is 2.28 bits per heavy atom. The second-order valence-electron chi connectivity index (χ2n) is 7.97. The molecule has 3 nitrogen and oxygen atoms in total. The molecule has 1 saturated heterocycles. The van der Waals surface area contributed by atoms with Crippen LogP contribution in [-0.4, -0.2) is 23.3 Å². The number of likely N-dealkylation sites (tertiary alicyclic amines) is 1. The Bertz CT molecular complexity index is 997. The van der Waals surface area contributed by atoms with Gasteiger partial charge in [-0.3, -0.25) is 9.69 Å². The van der Waals surface area contributed by atoms with Crippen LogP contribution in [0, 0.1) is 0 Å². The quantitative estimate of drug-likeness (QED) is 0.569. The van der Waals surface area contributed by atoms with Gasteiger partial charge in [0.05, 0.1) is 6.04 Å². The van der Waals surface area contributed by atoms with E-state index in [1.165, 1.54) is 17.5 Å². The lowest BCUT2D eigenvalue weighted by molar-refractivity contribution is 0.0661. The van der Waals surface area contributed by atoms with E-state index in [1.807, 2.05) is 60.7 Å². The molecule has 1 aliphatic carbocycles. The minimum Gasteiger partial charge on any atom is -0.457 e. The molecule has 0 aromatic heterocycles. The molecule has 3 heteroatoms. The minimum absolute atomic E-state index is 0.0297. The van der Waals surface area contributed by atoms with Gasteiger partial charge in [0.15, 0.2) is 5.78 Å². The number of hydrogen-bond acceptors (Lipinski definition) is 3. The molecule has 5 rings (SSSR count). The maximum Gasteiger partial charge on any atom is 0.180 e. The summed E-state index contributed by atoms with van der Waals surface area (Å²) < 4.78 is 5.94. The molecule has 0 saturated carbocycles. The van der Waals surface area contributed by atoms with Crippen LogP contribution in [0.25, 0.3) is 0 Å². The van der Waals surface area contributed by atoms with E-state index < -0.39 is 0 Å². The van der Waals surface area contributed by atoms with Crippen molar-refractivity contribution in [1.29, 1.82) is 0 Å². The van der Waals surface area contributed by atoms with Gasteiger partial charge in [0.1, 0.15) is 11.5 Å². The van der Waals surface area contributed by atoms with Gasteiger partial charge in [-0.05, 0) is 61.2 Å². The predicted octanol–water partition coefficient (Wildman–Crippen LogP) is 5.81. The van der Waals surface area contributed by atoms with Crippen LogP contribution in [0.4, 0.5) is 0 Å². The van der Waals surface area contributed by atoms with Crippen molar-refractivity contribution in [3.05, 3.63) is 95.6 Å². The average Bonchev–Trinajstić information content (AvgIpc) is 3.12. The lowest BCUT2D eigenvalue weighted by Crippen LogP contribution is -2.44. The number of para-hydroxylation sites is 1. The van der Waals surface area contributed by atoms with Gasteiger partial charge in [-0.25, -0.2) is 0 Å². The molecule has 2 unspecified atom stereocenters. The molecule has 0 amide bonds. The molecule has 0 bridgehead atoms. The number of piperidine rings is 1. The molecule has 3 aromatic carbocycles. The van der Waals surface area contributed by atoms with E-state index in [0.29, 0.717) is 0 Å². The maximum atomic E-state index is 13.1. The van der Waals surface area contributed by atoms with Crippen molar-refractivity contribution < 1.29 is 9.53 Å². The fraction of sp³-hybridized carbons (Fsp3) is 0.269. The van der Waals surface area contributed by atoms with Crippen molar-refractivity contribution in [3.63, 3.8) is 0 Å². The van der Waals surface area contributed by atoms with Crippen molar-refractivity contribution in [2.45, 2.75) is 37.8 Å². The van der Waals surface area contributed by atoms with Crippen molar-refractivity contribution >= 4 is 5.78 Å². The molecule has 1 aliphatic heterocycles. The molecule has 1 heterocycles. The monoisotopic (exact) mass is 383 g/mol. The van der Waals surface area contributed by atoms with Crippen LogP contribution in [0.2, 0.25) is 0 Å². The van der Waals surface area contributed by atoms with Gasteiger partial charge in [-0.1, -0.05) is 61.0 Å². The largest absolute Gasteiger partial charge is 0.457 e. The van der Waals surface area contributed by atoms with Crippen LogP contribution in [0.1, 0.15) is 46.8 Å². The molecule has 2 aliphatic rings. The molecular weight excluding hydrogens is 358 g/mol. The SMILES string of the molecule is O=C1c2ccccc2CC1N1CCCCC1c1ccc(Oc2ccccc2)cc1. The Morgan fingerprint density at radius 1 is 0.759 bits per heavy atom. The summed E-state index contributed by atoms with van der Waals surface area (Å²) in [6.45, 7) is 0.983. The molecule has 2 atom stereocenters. The van der Waals surface area contributed by atoms with Crippen LogP contribution < -0.4 is 4.74 Å². The smallest absolute Gasteiger partial charge is 0.180 e. The standard InChI is InChI=1S/C26H25NO2/c28-26-23-11-5-4-8-20(23)18-25(26)27-17-7-6-12-24(27)19-13-15-22(16-14-19)29-21-9-2-1-3-10-21/h1-5,8-11,13-16,24-25H,6-7,12,17-18H2. The summed E-state index contributed by atoms with van der Waals surface area (Å²) in [6, 6.07) is 26.6. The first kappa shape index (κ1) is 18.1. The van der Waals surface area contributed by atoms with E-state index in [0.717, 1.165) is 42.9 Å². The predicted molar refractivity (Wildman–Crippen MR) is 115 cm³/mol. The third-order valence-electron chi connectivity index (χ3n) is 6.19. The fourth-order valence-electron chi connectivity index (χ4n) is 4.75. The minimum atomic E-state index is -0.0297. The zero-order chi connectivity index (χ0) is 19.6. The molecule has 3 aromatic rings. The highest BCUT2D eigenvalue weighted by Crippen LogP contribution is 2.37. The third-order valence-corrected chi connectivity index (χ3v) is 6.19. The second-order valence-corrected chi connectivity index (χ2v) is 7.97. The maximum absolute atomic E-state index is 13.1. The summed E-state index contributed by atoms with van der Waals surface area (Å²) in [5.41, 5.74) is 3.38. The van der Waals surface area contributed by atoms with Crippen molar-refractivity contribution in [2.75, 3.05) is 6.54 Å². The summed E-state index contributed by atoms with van der Waals surface area (Å²) >= 11 is 0. The number of nitrogens with zero attached hydrogens (tertiary/aromatic N) is 1. The first-order valence-electron chi connectivity index (χ1n) is 10.5. The molecular formula is C26H25NO2. The Labute approximate surface area is 171 Å². The molecule has 0 spiro atoms. The molecule has 0 radical (unpaired) electrons. The summed E-state index contributed by atoms with van der Waals surface area (Å²) in [5.74, 6) is 1.97. The van der Waals surface area contributed by atoms with Gasteiger partial charge < -0.3 is 4.74 Å². The highest BCUT2D eigenvalue weighted by atomic mass is 16.5. The number of carbonyl (C=O) groups excluding carboxylic acids is 1. The zero-order valence-electron chi connectivity index (χ0n) is 16.5. The fourth-order valence-corrected chi connectivity index (χ4v) is 4.75. The van der Waals surface area contributed by atoms with E-state index in [2.05, 4.69) is 23.1 Å². The van der Waals surface area contributed by atoms with Gasteiger partial charge in [-0.15, -0.1) is 0 Å². The van der Waals surface area contributed by atoms with Crippen LogP contribution in [0.5, 0.6) is 11.5 Å². The summed E-state index contributed by atoms with van der Waals surface area (Å²) in [7, 11) is 0. The number of Topliss-reactive ketones (excluding diaryl/α,β-unsaturated/α-hetero) is 1. The van der Waals surface area contributed by atoms with Gasteiger partial charge in [-0.2, -0.15) is 0 Å². The van der Waals surface area contributed by atoms with E-state index in [1.54, 1.807) is 0 Å². The summed E-state index contributed by atoms with van der Waals surface area (Å²) in [4.78, 5) is 15.5. The Kier molecular flexibility index (Phi) is 4.91. The highest BCUT2D eigenvalue weighted by molar-refractivity contribution is 6.04. The van der Waals surface area contributed by atoms with Crippen LogP contribution in [0.15, 0.2) is 78.9 Å². The Hall–Kier alpha value is -2.91. The number of ketones is 1. The molecule has 29 heavy (non-hydrogen) atoms. The number of carbonyl (C=O) groups is 1. The van der Waals surface area contributed by atoms with Crippen LogP contribution >= 0.6 is 0 Å². The van der Waals surface area contributed by atoms with E-state index >= 15 is 0 Å². The topological polar surface area (TPSA) is 29.5 Å². The van der Waals surface area contributed by atoms with Gasteiger partial charge in [0.2, 0.25) is 0 Å². The Balaban J connectivity index is 1.36. The number of rotatable bonds is 4. The van der Waals surface area contributed by atoms with E-state index in [4.69, 9.17) is 4.74 Å². The second kappa shape index (κ2) is 7.84. The number of fused-ring (bicyclic) bond motifs is 1. The highest BCUT2D eigenvalue weighted by Gasteiger charge is 2.39. The van der Waals surface area contributed by atoms with Crippen LogP contribution in [-0.2, 0) is 6.42 Å². The Morgan fingerprint density at radius 2 is 1.48 bits per heavy atom. The van der Waals surface area contributed by atoms with Gasteiger partial charge in [0, 0.05) is 11.6 Å². The van der Waals surface area contributed by atoms with Gasteiger partial charge in [0.25, 0.3) is 0 Å². The normalized spacial score (nSPS) is 21.7. The summed E-state index contributed by atoms with van der Waals surface area (Å²) in [5, 5.41) is 0. The first-order chi connectivity index (χ1) is 14.3. The van der Waals surface area contributed by atoms with Crippen LogP contribution in [0.3, 0.4) is 0 Å². The lowest BCUT2D eigenvalue weighted by Gasteiger charge is -2.39. The zero-order valence-corrected chi connectivity index (χ0v) is 16.5. The van der Waals surface area contributed by atoms with Crippen molar-refractivity contribution in [2.24, 2.45) is 0 Å². The van der Waals surface area contributed by atoms with Crippen molar-refractivity contribution in [1.82, 2.24) is 4.90 Å². The third kappa shape index (κ3) is 3.58. The van der Waals surface area contributed by atoms with Gasteiger partial charge >= 0.3 is 0 Å². The molecule has 146 valence electrons.